The van der Waals surface area contributed by atoms with Crippen molar-refractivity contribution in [2.24, 2.45) is 0 Å². The summed E-state index contributed by atoms with van der Waals surface area (Å²) in [7, 11) is -3.40. The first kappa shape index (κ1) is 14.4. The molecule has 2 heterocycles. The Morgan fingerprint density at radius 3 is 2.45 bits per heavy atom. The van der Waals surface area contributed by atoms with Crippen LogP contribution >= 0.6 is 11.3 Å². The Hall–Kier alpha value is -1.98. The van der Waals surface area contributed by atoms with Gasteiger partial charge >= 0.3 is 17.1 Å². The van der Waals surface area contributed by atoms with E-state index in [9.17, 15) is 22.8 Å². The lowest BCUT2D eigenvalue weighted by atomic mass is 10.3. The summed E-state index contributed by atoms with van der Waals surface area (Å²) >= 11 is 0.936. The zero-order valence-corrected chi connectivity index (χ0v) is 11.7. The molecule has 2 rings (SSSR count). The Bertz CT molecular complexity index is 814. The zero-order chi connectivity index (χ0) is 15.1. The summed E-state index contributed by atoms with van der Waals surface area (Å²) in [6, 6.07) is 1.27. The quantitative estimate of drug-likeness (QED) is 0.567. The fourth-order valence-electron chi connectivity index (χ4n) is 1.31. The molecule has 0 saturated heterocycles. The van der Waals surface area contributed by atoms with Crippen LogP contribution in [-0.4, -0.2) is 30.4 Å². The van der Waals surface area contributed by atoms with Gasteiger partial charge in [0, 0.05) is 11.4 Å². The van der Waals surface area contributed by atoms with Gasteiger partial charge in [-0.15, -0.1) is 11.3 Å². The predicted octanol–water partition coefficient (Wildman–Crippen LogP) is -1.23. The van der Waals surface area contributed by atoms with Gasteiger partial charge in [0.2, 0.25) is 10.0 Å². The fourth-order valence-corrected chi connectivity index (χ4v) is 2.80. The summed E-state index contributed by atoms with van der Waals surface area (Å²) < 4.78 is 24.8. The Labute approximate surface area is 116 Å². The molecule has 0 unspecified atom stereocenters. The summed E-state index contributed by atoms with van der Waals surface area (Å²) in [6.07, 6.45) is 0.977. The van der Waals surface area contributed by atoms with E-state index in [1.54, 1.807) is 0 Å². The van der Waals surface area contributed by atoms with Crippen LogP contribution in [0.5, 0.6) is 0 Å². The third-order valence-corrected chi connectivity index (χ3v) is 3.98. The third-order valence-electron chi connectivity index (χ3n) is 2.27. The van der Waals surface area contributed by atoms with E-state index in [-0.39, 0.29) is 17.1 Å². The van der Waals surface area contributed by atoms with Crippen LogP contribution in [0, 0.1) is 0 Å². The smallest absolute Gasteiger partial charge is 0.340 e. The Morgan fingerprint density at radius 1 is 1.40 bits per heavy atom. The number of rotatable bonds is 6. The molecule has 0 radical (unpaired) electrons. The van der Waals surface area contributed by atoms with E-state index in [2.05, 4.69) is 10.1 Å². The molecular weight excluding hydrogens is 310 g/mol. The standard InChI is InChI=1S/C9H9N3O6S2/c1-20(17,18)10-3-4-2-5(9(15)16)6(19-4)11-12-7(13)8(12)14/h2,10-11H,3H2,1H3,(H,15,16). The molecule has 0 aliphatic carbocycles. The maximum Gasteiger partial charge on any atom is 0.340 e. The van der Waals surface area contributed by atoms with Crippen molar-refractivity contribution in [3.05, 3.63) is 37.2 Å². The molecule has 0 aliphatic rings. The molecule has 0 atom stereocenters. The van der Waals surface area contributed by atoms with E-state index in [0.29, 0.717) is 9.55 Å². The summed E-state index contributed by atoms with van der Waals surface area (Å²) in [5.41, 5.74) is 0.715. The summed E-state index contributed by atoms with van der Waals surface area (Å²) in [5.74, 6) is -1.25. The van der Waals surface area contributed by atoms with Gasteiger partial charge in [-0.3, -0.25) is 15.0 Å². The second kappa shape index (κ2) is 4.85. The van der Waals surface area contributed by atoms with Crippen molar-refractivity contribution in [1.82, 2.24) is 9.40 Å². The van der Waals surface area contributed by atoms with Gasteiger partial charge in [-0.2, -0.15) is 4.68 Å². The molecule has 108 valence electrons. The Kier molecular flexibility index (Phi) is 3.50. The normalized spacial score (nSPS) is 11.8. The molecule has 0 spiro atoms. The Balaban J connectivity index is 2.24. The highest BCUT2D eigenvalue weighted by molar-refractivity contribution is 7.88. The minimum atomic E-state index is -3.40. The molecule has 0 aliphatic heterocycles. The van der Waals surface area contributed by atoms with E-state index in [1.165, 1.54) is 6.07 Å². The average Bonchev–Trinajstić information content (AvgIpc) is 2.78. The average molecular weight is 319 g/mol. The molecule has 0 fully saturated rings. The molecule has 0 bridgehead atoms. The maximum atomic E-state index is 11.0. The largest absolute Gasteiger partial charge is 0.478 e. The first-order valence-electron chi connectivity index (χ1n) is 5.15. The van der Waals surface area contributed by atoms with Crippen LogP contribution < -0.4 is 21.3 Å². The number of carbonyl (C=O) groups is 1. The number of aromatic nitrogens is 1. The Morgan fingerprint density at radius 2 is 2.00 bits per heavy atom. The van der Waals surface area contributed by atoms with E-state index in [0.717, 1.165) is 17.6 Å². The van der Waals surface area contributed by atoms with Crippen LogP contribution in [0.15, 0.2) is 15.7 Å². The van der Waals surface area contributed by atoms with Crippen molar-refractivity contribution in [3.8, 4) is 0 Å². The third kappa shape index (κ3) is 3.12. The minimum absolute atomic E-state index is 0.0760. The van der Waals surface area contributed by atoms with Gasteiger partial charge in [0.25, 0.3) is 0 Å². The molecule has 0 aromatic carbocycles. The number of hydrogen-bond donors (Lipinski definition) is 3. The zero-order valence-electron chi connectivity index (χ0n) is 10.0. The van der Waals surface area contributed by atoms with E-state index in [1.807, 2.05) is 0 Å². The number of hydrogen-bond acceptors (Lipinski definition) is 7. The van der Waals surface area contributed by atoms with Gasteiger partial charge < -0.3 is 5.11 Å². The SMILES string of the molecule is CS(=O)(=O)NCc1cc(C(=O)O)c(Nn2c(=O)c2=O)s1. The highest BCUT2D eigenvalue weighted by atomic mass is 32.2. The number of sulfonamides is 1. The predicted molar refractivity (Wildman–Crippen MR) is 71.3 cm³/mol. The molecule has 2 aromatic heterocycles. The number of aromatic carboxylic acids is 1. The minimum Gasteiger partial charge on any atom is -0.478 e. The molecule has 2 aromatic rings. The molecule has 0 amide bonds. The van der Waals surface area contributed by atoms with Gasteiger partial charge in [-0.25, -0.2) is 17.9 Å². The first-order valence-corrected chi connectivity index (χ1v) is 7.85. The number of anilines is 1. The van der Waals surface area contributed by atoms with Crippen LogP contribution in [0.25, 0.3) is 0 Å². The molecule has 20 heavy (non-hydrogen) atoms. The maximum absolute atomic E-state index is 11.0. The van der Waals surface area contributed by atoms with Crippen molar-refractivity contribution in [1.29, 1.82) is 0 Å². The van der Waals surface area contributed by atoms with Crippen LogP contribution in [0.2, 0.25) is 0 Å². The number of nitrogens with zero attached hydrogens (tertiary/aromatic N) is 1. The van der Waals surface area contributed by atoms with Crippen molar-refractivity contribution in [2.75, 3.05) is 11.7 Å². The molecule has 11 heteroatoms. The highest BCUT2D eigenvalue weighted by Gasteiger charge is 2.21. The lowest BCUT2D eigenvalue weighted by Crippen LogP contribution is -2.20. The van der Waals surface area contributed by atoms with Gasteiger partial charge in [-0.1, -0.05) is 0 Å². The van der Waals surface area contributed by atoms with Gasteiger partial charge in [-0.05, 0) is 6.07 Å². The van der Waals surface area contributed by atoms with Gasteiger partial charge in [0.1, 0.15) is 5.00 Å². The van der Waals surface area contributed by atoms with Crippen LogP contribution in [0.4, 0.5) is 5.00 Å². The fraction of sp³-hybridized carbons (Fsp3) is 0.222. The first-order chi connectivity index (χ1) is 9.19. The van der Waals surface area contributed by atoms with Crippen LogP contribution in [0.3, 0.4) is 0 Å². The number of carboxylic acids is 1. The monoisotopic (exact) mass is 319 g/mol. The molecular formula is C9H9N3O6S2. The van der Waals surface area contributed by atoms with Crippen molar-refractivity contribution < 1.29 is 18.3 Å². The summed E-state index contributed by atoms with van der Waals surface area (Å²) in [6.45, 7) is -0.0760. The van der Waals surface area contributed by atoms with Crippen LogP contribution in [0.1, 0.15) is 15.2 Å². The molecule has 9 nitrogen and oxygen atoms in total. The lowest BCUT2D eigenvalue weighted by molar-refractivity contribution is 0.0698. The summed E-state index contributed by atoms with van der Waals surface area (Å²) in [5, 5.41) is 9.10. The lowest BCUT2D eigenvalue weighted by Gasteiger charge is -1.99. The van der Waals surface area contributed by atoms with Gasteiger partial charge in [0.05, 0.1) is 11.8 Å². The van der Waals surface area contributed by atoms with Crippen molar-refractivity contribution in [3.63, 3.8) is 0 Å². The van der Waals surface area contributed by atoms with Crippen LogP contribution in [-0.2, 0) is 16.6 Å². The van der Waals surface area contributed by atoms with E-state index < -0.39 is 27.1 Å². The number of thiophene rings is 1. The van der Waals surface area contributed by atoms with E-state index >= 15 is 0 Å². The van der Waals surface area contributed by atoms with Gasteiger partial charge in [0.15, 0.2) is 0 Å². The van der Waals surface area contributed by atoms with Crippen molar-refractivity contribution in [2.45, 2.75) is 6.54 Å². The second-order valence-corrected chi connectivity index (χ2v) is 6.88. The number of carboxylic acid groups (broad SMARTS) is 1. The molecule has 3 N–H and O–H groups in total. The summed E-state index contributed by atoms with van der Waals surface area (Å²) in [4.78, 5) is 33.2. The highest BCUT2D eigenvalue weighted by Crippen LogP contribution is 2.28. The van der Waals surface area contributed by atoms with E-state index in [4.69, 9.17) is 5.11 Å². The number of nitrogens with one attached hydrogen (secondary N) is 2. The topological polar surface area (TPSA) is 135 Å². The molecule has 0 saturated carbocycles. The van der Waals surface area contributed by atoms with Crippen molar-refractivity contribution >= 4 is 32.3 Å². The second-order valence-electron chi connectivity index (χ2n) is 3.91.